The van der Waals surface area contributed by atoms with E-state index in [1.165, 1.54) is 41.6 Å². The van der Waals surface area contributed by atoms with Gasteiger partial charge in [0.15, 0.2) is 25.4 Å². The molecule has 0 aliphatic heterocycles. The maximum Gasteiger partial charge on any atom is 0.406 e. The van der Waals surface area contributed by atoms with Crippen LogP contribution in [-0.2, 0) is 54.8 Å². The normalized spacial score (nSPS) is 11.4. The summed E-state index contributed by atoms with van der Waals surface area (Å²) in [5, 5.41) is 7.63. The van der Waals surface area contributed by atoms with Crippen molar-refractivity contribution < 1.29 is 40.6 Å². The predicted molar refractivity (Wildman–Crippen MR) is 212 cm³/mol. The van der Waals surface area contributed by atoms with Gasteiger partial charge in [-0.2, -0.15) is 10.2 Å². The number of aromatic nitrogens is 4. The summed E-state index contributed by atoms with van der Waals surface area (Å²) in [6, 6.07) is 36.5. The van der Waals surface area contributed by atoms with Crippen LogP contribution in [0.4, 0.5) is 0 Å². The highest BCUT2D eigenvalue weighted by Crippen LogP contribution is 2.19. The van der Waals surface area contributed by atoms with Gasteiger partial charge in [0.25, 0.3) is 0 Å². The van der Waals surface area contributed by atoms with Crippen molar-refractivity contribution in [3.8, 4) is 11.4 Å². The van der Waals surface area contributed by atoms with Crippen LogP contribution in [0.1, 0.15) is 57.3 Å². The number of sulfone groups is 2. The van der Waals surface area contributed by atoms with Crippen molar-refractivity contribution >= 4 is 31.6 Å². The fraction of sp³-hybridized carbons (Fsp3) is 0.238. The molecule has 2 heterocycles. The first-order valence-electron chi connectivity index (χ1n) is 18.0. The molecule has 0 amide bonds. The van der Waals surface area contributed by atoms with Gasteiger partial charge in [0.1, 0.15) is 0 Å². The molecule has 4 aromatic carbocycles. The number of H-pyrrole nitrogens is 1. The molecule has 14 heteroatoms. The molecule has 0 unspecified atom stereocenters. The van der Waals surface area contributed by atoms with Crippen LogP contribution < -0.4 is 4.68 Å². The number of hydrogen-bond donors (Lipinski definition) is 1. The quantitative estimate of drug-likeness (QED) is 0.105. The molecule has 2 aromatic heterocycles. The minimum atomic E-state index is -3.28. The Labute approximate surface area is 327 Å². The topological polar surface area (TPSA) is 158 Å². The summed E-state index contributed by atoms with van der Waals surface area (Å²) in [7, 11) is -6.56. The molecule has 0 spiro atoms. The second-order valence-electron chi connectivity index (χ2n) is 12.9. The third kappa shape index (κ3) is 11.1. The maximum atomic E-state index is 12.4. The molecule has 0 bridgehead atoms. The summed E-state index contributed by atoms with van der Waals surface area (Å²) in [6.45, 7) is 4.05. The van der Waals surface area contributed by atoms with Gasteiger partial charge in [-0.25, -0.2) is 31.1 Å². The van der Waals surface area contributed by atoms with E-state index < -0.39 is 31.6 Å². The highest BCUT2D eigenvalue weighted by molar-refractivity contribution is 7.91. The molecular weight excluding hydrogens is 753 g/mol. The SMILES string of the molecule is CCOC(=O)c1cc(CCc2ccccc2)[nH][n+]1-c1ccc(S(C)(=O)=O)cc1.CCOC(=O)c1cc(CCc2ccccc2)n(-c2ccc(S(C)(=O)=O)cc2)n1. The van der Waals surface area contributed by atoms with Crippen LogP contribution in [0.2, 0.25) is 0 Å². The van der Waals surface area contributed by atoms with Gasteiger partial charge in [0.05, 0.1) is 34.4 Å². The Hall–Kier alpha value is -5.86. The van der Waals surface area contributed by atoms with E-state index in [2.05, 4.69) is 22.3 Å². The average molecular weight is 798 g/mol. The van der Waals surface area contributed by atoms with E-state index >= 15 is 0 Å². The minimum absolute atomic E-state index is 0.227. The summed E-state index contributed by atoms with van der Waals surface area (Å²) >= 11 is 0. The Morgan fingerprint density at radius 1 is 0.643 bits per heavy atom. The zero-order valence-corrected chi connectivity index (χ0v) is 33.3. The lowest BCUT2D eigenvalue weighted by molar-refractivity contribution is -0.658. The van der Waals surface area contributed by atoms with Gasteiger partial charge in [-0.05, 0) is 93.1 Å². The molecule has 6 rings (SSSR count). The molecule has 0 radical (unpaired) electrons. The highest BCUT2D eigenvalue weighted by Gasteiger charge is 2.27. The number of benzene rings is 4. The Morgan fingerprint density at radius 3 is 1.66 bits per heavy atom. The molecule has 6 aromatic rings. The van der Waals surface area contributed by atoms with Gasteiger partial charge in [0.2, 0.25) is 5.69 Å². The molecule has 0 saturated carbocycles. The number of nitrogens with zero attached hydrogens (tertiary/aromatic N) is 3. The second-order valence-corrected chi connectivity index (χ2v) is 16.9. The van der Waals surface area contributed by atoms with E-state index in [9.17, 15) is 26.4 Å². The Morgan fingerprint density at radius 2 is 1.14 bits per heavy atom. The maximum absolute atomic E-state index is 12.4. The van der Waals surface area contributed by atoms with Gasteiger partial charge in [0, 0.05) is 36.4 Å². The number of nitrogens with one attached hydrogen (secondary N) is 1. The summed E-state index contributed by atoms with van der Waals surface area (Å²) in [5.41, 5.74) is 6.07. The van der Waals surface area contributed by atoms with Crippen molar-refractivity contribution in [3.05, 3.63) is 155 Å². The van der Waals surface area contributed by atoms with E-state index in [0.29, 0.717) is 23.5 Å². The summed E-state index contributed by atoms with van der Waals surface area (Å²) < 4.78 is 60.3. The van der Waals surface area contributed by atoms with Crippen molar-refractivity contribution in [1.82, 2.24) is 14.9 Å². The first-order valence-corrected chi connectivity index (χ1v) is 21.8. The first-order chi connectivity index (χ1) is 26.8. The smallest absolute Gasteiger partial charge is 0.406 e. The molecule has 0 saturated heterocycles. The zero-order chi connectivity index (χ0) is 40.3. The summed E-state index contributed by atoms with van der Waals surface area (Å²) in [6.07, 6.45) is 5.34. The van der Waals surface area contributed by atoms with E-state index in [1.54, 1.807) is 59.6 Å². The molecule has 0 atom stereocenters. The van der Waals surface area contributed by atoms with E-state index in [-0.39, 0.29) is 28.7 Å². The van der Waals surface area contributed by atoms with Crippen LogP contribution in [0, 0.1) is 0 Å². The number of esters is 2. The molecule has 0 fully saturated rings. The molecule has 0 aliphatic rings. The average Bonchev–Trinajstić information content (AvgIpc) is 3.82. The van der Waals surface area contributed by atoms with Gasteiger partial charge in [-0.15, -0.1) is 0 Å². The fourth-order valence-corrected chi connectivity index (χ4v) is 7.06. The second kappa shape index (κ2) is 18.7. The number of carbonyl (C=O) groups excluding carboxylic acids is 2. The third-order valence-electron chi connectivity index (χ3n) is 8.63. The Balaban J connectivity index is 0.000000214. The third-order valence-corrected chi connectivity index (χ3v) is 10.9. The fourth-order valence-electron chi connectivity index (χ4n) is 5.80. The van der Waals surface area contributed by atoms with Gasteiger partial charge in [-0.3, -0.25) is 0 Å². The van der Waals surface area contributed by atoms with E-state index in [1.807, 2.05) is 48.5 Å². The molecular formula is C42H45N4O8S2+. The van der Waals surface area contributed by atoms with Crippen LogP contribution in [0.3, 0.4) is 0 Å². The Kier molecular flexibility index (Phi) is 13.8. The molecule has 292 valence electrons. The minimum Gasteiger partial charge on any atom is -0.461 e. The predicted octanol–water partition coefficient (Wildman–Crippen LogP) is 5.89. The van der Waals surface area contributed by atoms with Crippen molar-refractivity contribution in [2.24, 2.45) is 0 Å². The standard InChI is InChI=1S/2C21H22N2O4S/c1-3-27-21(24)20-15-18(10-9-16-7-5-4-6-8-16)23(22-20)17-11-13-19(14-12-17)28(2,25)26;1-3-27-21(24)20-15-17(10-9-16-7-5-4-6-8-16)22-23(20)18-11-13-19(14-12-18)28(2,25)26/h2*4-8,11-15H,3,9-10H2,1-2H3/p+1. The molecule has 0 aliphatic carbocycles. The Bertz CT molecular complexity index is 2460. The number of rotatable bonds is 14. The lowest BCUT2D eigenvalue weighted by Crippen LogP contribution is -2.39. The number of hydrogen-bond acceptors (Lipinski definition) is 9. The summed E-state index contributed by atoms with van der Waals surface area (Å²) in [4.78, 5) is 25.0. The number of carbonyl (C=O) groups is 2. The van der Waals surface area contributed by atoms with Crippen molar-refractivity contribution in [2.75, 3.05) is 25.7 Å². The monoisotopic (exact) mass is 797 g/mol. The van der Waals surface area contributed by atoms with Crippen molar-refractivity contribution in [3.63, 3.8) is 0 Å². The van der Waals surface area contributed by atoms with Crippen LogP contribution in [-0.4, -0.2) is 69.4 Å². The van der Waals surface area contributed by atoms with Crippen LogP contribution in [0.5, 0.6) is 0 Å². The number of ether oxygens (including phenoxy) is 2. The van der Waals surface area contributed by atoms with Crippen molar-refractivity contribution in [2.45, 2.75) is 49.3 Å². The highest BCUT2D eigenvalue weighted by atomic mass is 32.2. The number of aryl methyl sites for hydroxylation is 4. The van der Waals surface area contributed by atoms with Gasteiger partial charge >= 0.3 is 17.6 Å². The van der Waals surface area contributed by atoms with Crippen LogP contribution in [0.15, 0.2) is 131 Å². The summed E-state index contributed by atoms with van der Waals surface area (Å²) in [5.74, 6) is -0.910. The zero-order valence-electron chi connectivity index (χ0n) is 31.7. The molecule has 56 heavy (non-hydrogen) atoms. The first kappa shape index (κ1) is 41.3. The lowest BCUT2D eigenvalue weighted by atomic mass is 10.1. The van der Waals surface area contributed by atoms with E-state index in [4.69, 9.17) is 9.47 Å². The van der Waals surface area contributed by atoms with E-state index in [0.717, 1.165) is 36.9 Å². The number of aromatic amines is 1. The molecule has 12 nitrogen and oxygen atoms in total. The lowest BCUT2D eigenvalue weighted by Gasteiger charge is -2.08. The van der Waals surface area contributed by atoms with Gasteiger partial charge in [-0.1, -0.05) is 65.3 Å². The largest absolute Gasteiger partial charge is 0.461 e. The van der Waals surface area contributed by atoms with Gasteiger partial charge < -0.3 is 9.47 Å². The molecule has 1 N–H and O–H groups in total. The van der Waals surface area contributed by atoms with Crippen molar-refractivity contribution in [1.29, 1.82) is 0 Å². The van der Waals surface area contributed by atoms with Crippen LogP contribution >= 0.6 is 0 Å². The van der Waals surface area contributed by atoms with Crippen LogP contribution in [0.25, 0.3) is 11.4 Å².